The van der Waals surface area contributed by atoms with E-state index in [0.717, 1.165) is 31.5 Å². The number of benzene rings is 3. The highest BCUT2D eigenvalue weighted by molar-refractivity contribution is 6.10. The molecule has 0 radical (unpaired) electrons. The number of para-hydroxylation sites is 2. The molecule has 5 nitrogen and oxygen atoms in total. The van der Waals surface area contributed by atoms with E-state index in [1.54, 1.807) is 60.7 Å². The number of ether oxygens (including phenoxy) is 1. The maximum absolute atomic E-state index is 13.1. The summed E-state index contributed by atoms with van der Waals surface area (Å²) in [5.74, 6) is -0.344. The third-order valence-corrected chi connectivity index (χ3v) is 5.24. The number of likely N-dealkylation sites (tertiary alicyclic amines) is 1. The lowest BCUT2D eigenvalue weighted by atomic mass is 10.1. The van der Waals surface area contributed by atoms with Gasteiger partial charge in [-0.15, -0.1) is 0 Å². The van der Waals surface area contributed by atoms with E-state index in [4.69, 9.17) is 4.74 Å². The fourth-order valence-corrected chi connectivity index (χ4v) is 3.58. The molecule has 0 spiro atoms. The van der Waals surface area contributed by atoms with Crippen molar-refractivity contribution in [2.45, 2.75) is 19.4 Å². The van der Waals surface area contributed by atoms with Crippen LogP contribution in [0.25, 0.3) is 0 Å². The molecule has 1 aliphatic heterocycles. The maximum Gasteiger partial charge on any atom is 0.259 e. The molecule has 2 amide bonds. The normalized spacial score (nSPS) is 13.1. The lowest BCUT2D eigenvalue weighted by molar-refractivity contribution is 0.0794. The molecule has 1 aliphatic rings. The van der Waals surface area contributed by atoms with Gasteiger partial charge in [-0.1, -0.05) is 36.4 Å². The van der Waals surface area contributed by atoms with Crippen LogP contribution in [0.3, 0.4) is 0 Å². The Morgan fingerprint density at radius 3 is 2.26 bits per heavy atom. The number of rotatable bonds is 6. The Morgan fingerprint density at radius 1 is 0.871 bits per heavy atom. The predicted molar refractivity (Wildman–Crippen MR) is 117 cm³/mol. The molecular formula is C25H23FN2O3. The van der Waals surface area contributed by atoms with Crippen LogP contribution in [0.4, 0.5) is 10.1 Å². The largest absolute Gasteiger partial charge is 0.488 e. The summed E-state index contributed by atoms with van der Waals surface area (Å²) in [5, 5.41) is 2.86. The van der Waals surface area contributed by atoms with Gasteiger partial charge in [-0.3, -0.25) is 9.59 Å². The Hall–Kier alpha value is -3.67. The average Bonchev–Trinajstić information content (AvgIpc) is 3.34. The molecule has 6 heteroatoms. The van der Waals surface area contributed by atoms with Crippen LogP contribution in [0.2, 0.25) is 0 Å². The second-order valence-electron chi connectivity index (χ2n) is 7.41. The van der Waals surface area contributed by atoms with Gasteiger partial charge in [0.05, 0.1) is 16.8 Å². The molecule has 0 aliphatic carbocycles. The molecule has 1 saturated heterocycles. The van der Waals surface area contributed by atoms with E-state index >= 15 is 0 Å². The Bertz CT molecular complexity index is 1080. The smallest absolute Gasteiger partial charge is 0.259 e. The molecule has 1 heterocycles. The number of carbonyl (C=O) groups is 2. The van der Waals surface area contributed by atoms with Crippen molar-refractivity contribution >= 4 is 17.5 Å². The van der Waals surface area contributed by atoms with Crippen molar-refractivity contribution in [3.05, 3.63) is 95.3 Å². The van der Waals surface area contributed by atoms with Gasteiger partial charge < -0.3 is 15.0 Å². The van der Waals surface area contributed by atoms with Crippen molar-refractivity contribution in [2.24, 2.45) is 0 Å². The molecule has 158 valence electrons. The predicted octanol–water partition coefficient (Wildman–Crippen LogP) is 4.89. The van der Waals surface area contributed by atoms with Crippen LogP contribution in [0.15, 0.2) is 72.8 Å². The van der Waals surface area contributed by atoms with Gasteiger partial charge in [-0.25, -0.2) is 4.39 Å². The summed E-state index contributed by atoms with van der Waals surface area (Å²) in [5.41, 5.74) is 2.09. The van der Waals surface area contributed by atoms with E-state index in [1.807, 2.05) is 4.90 Å². The van der Waals surface area contributed by atoms with E-state index in [-0.39, 0.29) is 24.2 Å². The standard InChI is InChI=1S/C25H23FN2O3/c26-19-13-11-18(12-14-19)17-31-23-10-4-2-8-21(23)24(29)27-22-9-3-1-7-20(22)25(30)28-15-5-6-16-28/h1-4,7-14H,5-6,15-17H2,(H,27,29). The van der Waals surface area contributed by atoms with Crippen LogP contribution in [-0.4, -0.2) is 29.8 Å². The monoisotopic (exact) mass is 418 g/mol. The van der Waals surface area contributed by atoms with Gasteiger partial charge in [0.15, 0.2) is 0 Å². The zero-order valence-electron chi connectivity index (χ0n) is 17.0. The SMILES string of the molecule is O=C(Nc1ccccc1C(=O)N1CCCC1)c1ccccc1OCc1ccc(F)cc1. The number of amides is 2. The van der Waals surface area contributed by atoms with Crippen LogP contribution >= 0.6 is 0 Å². The number of hydrogen-bond acceptors (Lipinski definition) is 3. The first-order valence-corrected chi connectivity index (χ1v) is 10.3. The van der Waals surface area contributed by atoms with Gasteiger partial charge in [0.25, 0.3) is 11.8 Å². The van der Waals surface area contributed by atoms with E-state index < -0.39 is 0 Å². The second-order valence-corrected chi connectivity index (χ2v) is 7.41. The topological polar surface area (TPSA) is 58.6 Å². The summed E-state index contributed by atoms with van der Waals surface area (Å²) in [6.07, 6.45) is 2.00. The van der Waals surface area contributed by atoms with E-state index in [2.05, 4.69) is 5.32 Å². The zero-order chi connectivity index (χ0) is 21.6. The molecule has 0 unspecified atom stereocenters. The molecule has 31 heavy (non-hydrogen) atoms. The van der Waals surface area contributed by atoms with Gasteiger partial charge in [-0.05, 0) is 54.8 Å². The summed E-state index contributed by atoms with van der Waals surface area (Å²) >= 11 is 0. The number of anilines is 1. The Balaban J connectivity index is 1.51. The Morgan fingerprint density at radius 2 is 1.52 bits per heavy atom. The van der Waals surface area contributed by atoms with Gasteiger partial charge in [0.1, 0.15) is 18.2 Å². The van der Waals surface area contributed by atoms with Crippen molar-refractivity contribution in [3.8, 4) is 5.75 Å². The first-order valence-electron chi connectivity index (χ1n) is 10.3. The molecular weight excluding hydrogens is 395 g/mol. The summed E-state index contributed by atoms with van der Waals surface area (Å²) < 4.78 is 18.9. The third-order valence-electron chi connectivity index (χ3n) is 5.24. The summed E-state index contributed by atoms with van der Waals surface area (Å²) in [6, 6.07) is 19.9. The number of nitrogens with one attached hydrogen (secondary N) is 1. The molecule has 0 aromatic heterocycles. The molecule has 4 rings (SSSR count). The Labute approximate surface area is 180 Å². The van der Waals surface area contributed by atoms with Crippen LogP contribution in [0, 0.1) is 5.82 Å². The fourth-order valence-electron chi connectivity index (χ4n) is 3.58. The number of carbonyl (C=O) groups excluding carboxylic acids is 2. The van der Waals surface area contributed by atoms with Gasteiger partial charge in [0.2, 0.25) is 0 Å². The summed E-state index contributed by atoms with van der Waals surface area (Å²) in [7, 11) is 0. The first-order chi connectivity index (χ1) is 15.1. The molecule has 0 atom stereocenters. The minimum Gasteiger partial charge on any atom is -0.488 e. The fraction of sp³-hybridized carbons (Fsp3) is 0.200. The van der Waals surface area contributed by atoms with Gasteiger partial charge >= 0.3 is 0 Å². The number of nitrogens with zero attached hydrogens (tertiary/aromatic N) is 1. The van der Waals surface area contributed by atoms with Gasteiger partial charge in [-0.2, -0.15) is 0 Å². The molecule has 3 aromatic rings. The minimum absolute atomic E-state index is 0.0748. The first kappa shape index (κ1) is 20.6. The van der Waals surface area contributed by atoms with Crippen LogP contribution in [0.1, 0.15) is 39.1 Å². The molecule has 0 bridgehead atoms. The lowest BCUT2D eigenvalue weighted by Gasteiger charge is -2.18. The van der Waals surface area contributed by atoms with Crippen molar-refractivity contribution in [1.29, 1.82) is 0 Å². The van der Waals surface area contributed by atoms with Gasteiger partial charge in [0, 0.05) is 13.1 Å². The molecule has 3 aromatic carbocycles. The average molecular weight is 418 g/mol. The van der Waals surface area contributed by atoms with Crippen molar-refractivity contribution < 1.29 is 18.7 Å². The lowest BCUT2D eigenvalue weighted by Crippen LogP contribution is -2.28. The highest BCUT2D eigenvalue weighted by Gasteiger charge is 2.23. The molecule has 0 saturated carbocycles. The quantitative estimate of drug-likeness (QED) is 0.620. The van der Waals surface area contributed by atoms with Crippen LogP contribution < -0.4 is 10.1 Å². The number of halogens is 1. The highest BCUT2D eigenvalue weighted by atomic mass is 19.1. The van der Waals surface area contributed by atoms with Crippen LogP contribution in [-0.2, 0) is 6.61 Å². The molecule has 1 N–H and O–H groups in total. The van der Waals surface area contributed by atoms with Crippen LogP contribution in [0.5, 0.6) is 5.75 Å². The zero-order valence-corrected chi connectivity index (χ0v) is 17.0. The summed E-state index contributed by atoms with van der Waals surface area (Å²) in [4.78, 5) is 27.7. The van der Waals surface area contributed by atoms with Crippen molar-refractivity contribution in [3.63, 3.8) is 0 Å². The Kier molecular flexibility index (Phi) is 6.26. The number of hydrogen-bond donors (Lipinski definition) is 1. The van der Waals surface area contributed by atoms with E-state index in [1.165, 1.54) is 12.1 Å². The highest BCUT2D eigenvalue weighted by Crippen LogP contribution is 2.24. The van der Waals surface area contributed by atoms with E-state index in [0.29, 0.717) is 22.6 Å². The van der Waals surface area contributed by atoms with Crippen molar-refractivity contribution in [2.75, 3.05) is 18.4 Å². The van der Waals surface area contributed by atoms with E-state index in [9.17, 15) is 14.0 Å². The maximum atomic E-state index is 13.1. The minimum atomic E-state index is -0.364. The second kappa shape index (κ2) is 9.43. The van der Waals surface area contributed by atoms with Crippen molar-refractivity contribution in [1.82, 2.24) is 4.90 Å². The molecule has 1 fully saturated rings. The summed E-state index contributed by atoms with van der Waals surface area (Å²) in [6.45, 7) is 1.68. The third kappa shape index (κ3) is 4.91.